The van der Waals surface area contributed by atoms with Crippen LogP contribution in [0.2, 0.25) is 0 Å². The predicted octanol–water partition coefficient (Wildman–Crippen LogP) is 2.08. The molecule has 0 spiro atoms. The van der Waals surface area contributed by atoms with Gasteiger partial charge in [0, 0.05) is 6.42 Å². The number of alkyl halides is 1. The molecule has 0 aromatic heterocycles. The van der Waals surface area contributed by atoms with E-state index in [4.69, 9.17) is 16.3 Å². The molecule has 13 heavy (non-hydrogen) atoms. The Labute approximate surface area is 84.2 Å². The van der Waals surface area contributed by atoms with Gasteiger partial charge < -0.3 is 9.84 Å². The first kappa shape index (κ1) is 9.75. The van der Waals surface area contributed by atoms with E-state index in [-0.39, 0.29) is 22.2 Å². The van der Waals surface area contributed by atoms with Crippen molar-refractivity contribution in [2.45, 2.75) is 62.2 Å². The molecule has 2 aliphatic heterocycles. The van der Waals surface area contributed by atoms with Crippen LogP contribution in [0.5, 0.6) is 0 Å². The molecule has 0 saturated carbocycles. The van der Waals surface area contributed by atoms with Crippen molar-refractivity contribution in [3.05, 3.63) is 0 Å². The van der Waals surface area contributed by atoms with Crippen molar-refractivity contribution >= 4 is 11.6 Å². The Balaban J connectivity index is 2.31. The SMILES string of the molecule is CC(C)(Cl)[C@@]12CC[C@@](C)(O1)[C@@H](O)C2. The number of hydrogen-bond acceptors (Lipinski definition) is 2. The molecule has 2 rings (SSSR count). The summed E-state index contributed by atoms with van der Waals surface area (Å²) in [6.07, 6.45) is 2.22. The second-order valence-corrected chi connectivity index (χ2v) is 6.05. The molecule has 0 aliphatic carbocycles. The average Bonchev–Trinajstić information content (AvgIpc) is 2.39. The van der Waals surface area contributed by atoms with Gasteiger partial charge in [-0.15, -0.1) is 11.6 Å². The van der Waals surface area contributed by atoms with E-state index in [1.807, 2.05) is 20.8 Å². The molecular formula is C10H17ClO2. The van der Waals surface area contributed by atoms with Gasteiger partial charge in [0.05, 0.1) is 22.2 Å². The quantitative estimate of drug-likeness (QED) is 0.663. The van der Waals surface area contributed by atoms with E-state index in [1.165, 1.54) is 0 Å². The van der Waals surface area contributed by atoms with E-state index < -0.39 is 0 Å². The maximum atomic E-state index is 9.82. The summed E-state index contributed by atoms with van der Waals surface area (Å²) in [7, 11) is 0. The Kier molecular flexibility index (Phi) is 1.81. The van der Waals surface area contributed by atoms with Crippen LogP contribution in [-0.2, 0) is 4.74 Å². The minimum absolute atomic E-state index is 0.303. The van der Waals surface area contributed by atoms with Crippen molar-refractivity contribution < 1.29 is 9.84 Å². The van der Waals surface area contributed by atoms with E-state index in [0.29, 0.717) is 6.42 Å². The molecule has 2 nitrogen and oxygen atoms in total. The largest absolute Gasteiger partial charge is 0.390 e. The summed E-state index contributed by atoms with van der Waals surface area (Å²) in [5, 5.41) is 9.82. The molecule has 3 heteroatoms. The first-order valence-corrected chi connectivity index (χ1v) is 5.24. The standard InChI is InChI=1S/C10H17ClO2/c1-8(2,11)10-5-4-9(3,13-10)7(12)6-10/h7,12H,4-6H2,1-3H3/t7-,9+,10-/m0/s1. The lowest BCUT2D eigenvalue weighted by atomic mass is 9.75. The van der Waals surface area contributed by atoms with Crippen molar-refractivity contribution in [3.63, 3.8) is 0 Å². The Morgan fingerprint density at radius 3 is 2.31 bits per heavy atom. The van der Waals surface area contributed by atoms with Gasteiger partial charge in [-0.25, -0.2) is 0 Å². The monoisotopic (exact) mass is 204 g/mol. The van der Waals surface area contributed by atoms with Crippen molar-refractivity contribution in [2.75, 3.05) is 0 Å². The van der Waals surface area contributed by atoms with E-state index in [9.17, 15) is 5.11 Å². The lowest BCUT2D eigenvalue weighted by molar-refractivity contribution is -0.0745. The summed E-state index contributed by atoms with van der Waals surface area (Å²) >= 11 is 6.31. The lowest BCUT2D eigenvalue weighted by Crippen LogP contribution is -2.44. The summed E-state index contributed by atoms with van der Waals surface area (Å²) < 4.78 is 5.94. The highest BCUT2D eigenvalue weighted by molar-refractivity contribution is 6.24. The summed E-state index contributed by atoms with van der Waals surface area (Å²) in [4.78, 5) is -0.387. The Bertz CT molecular complexity index is 236. The number of ether oxygens (including phenoxy) is 1. The van der Waals surface area contributed by atoms with Crippen LogP contribution in [-0.4, -0.2) is 27.3 Å². The molecule has 0 radical (unpaired) electrons. The van der Waals surface area contributed by atoms with Gasteiger partial charge in [-0.05, 0) is 33.6 Å². The third-order valence-corrected chi connectivity index (χ3v) is 4.11. The van der Waals surface area contributed by atoms with Crippen LogP contribution < -0.4 is 0 Å². The van der Waals surface area contributed by atoms with Crippen molar-refractivity contribution in [2.24, 2.45) is 0 Å². The Morgan fingerprint density at radius 1 is 1.46 bits per heavy atom. The summed E-state index contributed by atoms with van der Waals surface area (Å²) in [6.45, 7) is 5.92. The molecule has 0 amide bonds. The van der Waals surface area contributed by atoms with E-state index in [0.717, 1.165) is 12.8 Å². The third-order valence-electron chi connectivity index (χ3n) is 3.77. The number of halogens is 1. The van der Waals surface area contributed by atoms with Gasteiger partial charge >= 0.3 is 0 Å². The van der Waals surface area contributed by atoms with Crippen molar-refractivity contribution in [1.29, 1.82) is 0 Å². The second kappa shape index (κ2) is 2.41. The zero-order valence-electron chi connectivity index (χ0n) is 8.43. The van der Waals surface area contributed by atoms with Crippen molar-refractivity contribution in [3.8, 4) is 0 Å². The first-order valence-electron chi connectivity index (χ1n) is 4.86. The molecule has 76 valence electrons. The molecule has 0 aromatic rings. The van der Waals surface area contributed by atoms with E-state index in [1.54, 1.807) is 0 Å². The molecule has 2 heterocycles. The molecule has 2 saturated heterocycles. The highest BCUT2D eigenvalue weighted by atomic mass is 35.5. The van der Waals surface area contributed by atoms with Gasteiger partial charge in [0.1, 0.15) is 0 Å². The third kappa shape index (κ3) is 1.15. The molecule has 0 unspecified atom stereocenters. The maximum absolute atomic E-state index is 9.82. The number of aliphatic hydroxyl groups is 1. The number of rotatable bonds is 1. The van der Waals surface area contributed by atoms with Crippen LogP contribution in [0.15, 0.2) is 0 Å². The molecule has 0 aromatic carbocycles. The van der Waals surface area contributed by atoms with Gasteiger partial charge in [0.15, 0.2) is 0 Å². The number of aliphatic hydroxyl groups excluding tert-OH is 1. The zero-order valence-corrected chi connectivity index (χ0v) is 9.19. The van der Waals surface area contributed by atoms with E-state index >= 15 is 0 Å². The second-order valence-electron chi connectivity index (χ2n) is 5.10. The van der Waals surface area contributed by atoms with Crippen LogP contribution in [0.4, 0.5) is 0 Å². The zero-order chi connectivity index (χ0) is 9.91. The predicted molar refractivity (Wildman–Crippen MR) is 52.0 cm³/mol. The van der Waals surface area contributed by atoms with Crippen LogP contribution in [0.3, 0.4) is 0 Å². The Morgan fingerprint density at radius 2 is 2.08 bits per heavy atom. The van der Waals surface area contributed by atoms with Gasteiger partial charge in [-0.2, -0.15) is 0 Å². The molecule has 3 atom stereocenters. The number of hydrogen-bond donors (Lipinski definition) is 1. The summed E-state index contributed by atoms with van der Waals surface area (Å²) in [5.41, 5.74) is -0.644. The van der Waals surface area contributed by atoms with Gasteiger partial charge in [-0.3, -0.25) is 0 Å². The first-order chi connectivity index (χ1) is 5.79. The molecule has 2 bridgehead atoms. The highest BCUT2D eigenvalue weighted by Gasteiger charge is 2.63. The van der Waals surface area contributed by atoms with Crippen LogP contribution in [0.25, 0.3) is 0 Å². The minimum Gasteiger partial charge on any atom is -0.390 e. The van der Waals surface area contributed by atoms with Gasteiger partial charge in [0.25, 0.3) is 0 Å². The molecule has 1 N–H and O–H groups in total. The van der Waals surface area contributed by atoms with Crippen LogP contribution in [0.1, 0.15) is 40.0 Å². The maximum Gasteiger partial charge on any atom is 0.0922 e. The van der Waals surface area contributed by atoms with Crippen LogP contribution >= 0.6 is 11.6 Å². The Hall–Kier alpha value is 0.210. The highest BCUT2D eigenvalue weighted by Crippen LogP contribution is 2.56. The summed E-state index contributed by atoms with van der Waals surface area (Å²) in [5.74, 6) is 0. The van der Waals surface area contributed by atoms with Gasteiger partial charge in [-0.1, -0.05) is 0 Å². The van der Waals surface area contributed by atoms with E-state index in [2.05, 4.69) is 0 Å². The lowest BCUT2D eigenvalue weighted by Gasteiger charge is -2.36. The fourth-order valence-corrected chi connectivity index (χ4v) is 2.78. The fourth-order valence-electron chi connectivity index (χ4n) is 2.57. The average molecular weight is 205 g/mol. The molecule has 2 aliphatic rings. The molecule has 2 fully saturated rings. The smallest absolute Gasteiger partial charge is 0.0922 e. The summed E-state index contributed by atoms with van der Waals surface area (Å²) in [6, 6.07) is 0. The number of fused-ring (bicyclic) bond motifs is 2. The molecular weight excluding hydrogens is 188 g/mol. The minimum atomic E-state index is -0.387. The normalized spacial score (nSPS) is 50.1. The topological polar surface area (TPSA) is 29.5 Å². The fraction of sp³-hybridized carbons (Fsp3) is 1.00. The van der Waals surface area contributed by atoms with Gasteiger partial charge in [0.2, 0.25) is 0 Å². The van der Waals surface area contributed by atoms with Crippen molar-refractivity contribution in [1.82, 2.24) is 0 Å². The van der Waals surface area contributed by atoms with Crippen LogP contribution in [0, 0.1) is 0 Å².